The van der Waals surface area contributed by atoms with E-state index in [0.29, 0.717) is 48.0 Å². The molecular formula is C24H25FN4O3. The summed E-state index contributed by atoms with van der Waals surface area (Å²) in [5, 5.41) is 10.6. The van der Waals surface area contributed by atoms with Gasteiger partial charge in [0, 0.05) is 37.9 Å². The number of nitrogens with one attached hydrogen (secondary N) is 2. The predicted molar refractivity (Wildman–Crippen MR) is 119 cm³/mol. The van der Waals surface area contributed by atoms with Crippen LogP contribution in [0.1, 0.15) is 47.3 Å². The number of hydrogen-bond acceptors (Lipinski definition) is 4. The van der Waals surface area contributed by atoms with E-state index in [1.165, 1.54) is 12.1 Å². The molecule has 0 saturated carbocycles. The molecule has 2 aromatic carbocycles. The van der Waals surface area contributed by atoms with Gasteiger partial charge in [-0.1, -0.05) is 30.7 Å². The Hall–Kier alpha value is -3.55. The fourth-order valence-corrected chi connectivity index (χ4v) is 4.03. The molecule has 32 heavy (non-hydrogen) atoms. The van der Waals surface area contributed by atoms with E-state index in [0.717, 1.165) is 19.3 Å². The van der Waals surface area contributed by atoms with Gasteiger partial charge in [0.05, 0.1) is 16.6 Å². The highest BCUT2D eigenvalue weighted by Crippen LogP contribution is 2.18. The van der Waals surface area contributed by atoms with Crippen LogP contribution in [0.5, 0.6) is 0 Å². The molecule has 166 valence electrons. The van der Waals surface area contributed by atoms with Gasteiger partial charge >= 0.3 is 0 Å². The highest BCUT2D eigenvalue weighted by atomic mass is 19.1. The standard InChI is InChI=1S/C24H25FN4O3/c25-20-10-9-16(15-21-17-6-3-4-7-18(17)24(32)28-27-21)14-19(20)23(31)26-11-13-29-12-5-1-2-8-22(29)30/h3-4,6-7,9-10,14H,1-2,5,8,11-13,15H2,(H,26,31)(H,28,32). The average Bonchev–Trinajstić information content (AvgIpc) is 3.01. The second-order valence-electron chi connectivity index (χ2n) is 7.98. The average molecular weight is 436 g/mol. The first-order valence-corrected chi connectivity index (χ1v) is 10.8. The van der Waals surface area contributed by atoms with Crippen LogP contribution in [0.3, 0.4) is 0 Å². The first-order valence-electron chi connectivity index (χ1n) is 10.8. The number of amides is 2. The van der Waals surface area contributed by atoms with Crippen LogP contribution in [-0.4, -0.2) is 46.5 Å². The van der Waals surface area contributed by atoms with E-state index in [-0.39, 0.29) is 23.6 Å². The van der Waals surface area contributed by atoms with Crippen LogP contribution in [0, 0.1) is 5.82 Å². The number of halogens is 1. The van der Waals surface area contributed by atoms with Crippen LogP contribution in [0.25, 0.3) is 10.8 Å². The molecule has 7 nitrogen and oxygen atoms in total. The van der Waals surface area contributed by atoms with Crippen molar-refractivity contribution in [3.63, 3.8) is 0 Å². The third kappa shape index (κ3) is 4.85. The second-order valence-corrected chi connectivity index (χ2v) is 7.98. The Bertz CT molecular complexity index is 1210. The van der Waals surface area contributed by atoms with Gasteiger partial charge < -0.3 is 10.2 Å². The summed E-state index contributed by atoms with van der Waals surface area (Å²) in [5.41, 5.74) is 1.01. The summed E-state index contributed by atoms with van der Waals surface area (Å²) < 4.78 is 14.4. The van der Waals surface area contributed by atoms with Crippen LogP contribution in [-0.2, 0) is 11.2 Å². The van der Waals surface area contributed by atoms with Crippen LogP contribution < -0.4 is 10.9 Å². The quantitative estimate of drug-likeness (QED) is 0.621. The number of carbonyl (C=O) groups is 2. The predicted octanol–water partition coefficient (Wildman–Crippen LogP) is 2.79. The maximum Gasteiger partial charge on any atom is 0.272 e. The molecule has 1 fully saturated rings. The molecule has 2 N–H and O–H groups in total. The van der Waals surface area contributed by atoms with Gasteiger partial charge in [0.1, 0.15) is 5.82 Å². The van der Waals surface area contributed by atoms with Crippen molar-refractivity contribution < 1.29 is 14.0 Å². The third-order valence-corrected chi connectivity index (χ3v) is 5.76. The molecule has 8 heteroatoms. The number of H-pyrrole nitrogens is 1. The van der Waals surface area contributed by atoms with E-state index in [9.17, 15) is 18.8 Å². The summed E-state index contributed by atoms with van der Waals surface area (Å²) in [5.74, 6) is -1.03. The van der Waals surface area contributed by atoms with Crippen molar-refractivity contribution in [2.45, 2.75) is 32.1 Å². The summed E-state index contributed by atoms with van der Waals surface area (Å²) >= 11 is 0. The van der Waals surface area contributed by atoms with Gasteiger partial charge in [-0.05, 0) is 36.6 Å². The Balaban J connectivity index is 1.46. The van der Waals surface area contributed by atoms with Crippen molar-refractivity contribution in [3.8, 4) is 0 Å². The number of carbonyl (C=O) groups excluding carboxylic acids is 2. The molecule has 2 amide bonds. The minimum atomic E-state index is -0.614. The Kier molecular flexibility index (Phi) is 6.58. The van der Waals surface area contributed by atoms with Crippen molar-refractivity contribution >= 4 is 22.6 Å². The number of aromatic nitrogens is 2. The Morgan fingerprint density at radius 2 is 1.91 bits per heavy atom. The zero-order valence-corrected chi connectivity index (χ0v) is 17.7. The minimum Gasteiger partial charge on any atom is -0.350 e. The fourth-order valence-electron chi connectivity index (χ4n) is 4.03. The van der Waals surface area contributed by atoms with E-state index in [2.05, 4.69) is 15.5 Å². The SMILES string of the molecule is O=C(NCCN1CCCCCC1=O)c1cc(Cc2n[nH]c(=O)c3ccccc23)ccc1F. The summed E-state index contributed by atoms with van der Waals surface area (Å²) in [6.45, 7) is 1.37. The van der Waals surface area contributed by atoms with Gasteiger partial charge in [0.15, 0.2) is 0 Å². The van der Waals surface area contributed by atoms with Gasteiger partial charge in [0.25, 0.3) is 11.5 Å². The molecule has 2 heterocycles. The van der Waals surface area contributed by atoms with E-state index >= 15 is 0 Å². The van der Waals surface area contributed by atoms with Crippen LogP contribution >= 0.6 is 0 Å². The molecule has 0 unspecified atom stereocenters. The van der Waals surface area contributed by atoms with E-state index in [1.807, 2.05) is 12.1 Å². The van der Waals surface area contributed by atoms with Gasteiger partial charge in [-0.3, -0.25) is 14.4 Å². The molecule has 1 aromatic heterocycles. The number of likely N-dealkylation sites (tertiary alicyclic amines) is 1. The number of nitrogens with zero attached hydrogens (tertiary/aromatic N) is 2. The lowest BCUT2D eigenvalue weighted by atomic mass is 10.0. The third-order valence-electron chi connectivity index (χ3n) is 5.76. The maximum atomic E-state index is 14.4. The molecule has 0 radical (unpaired) electrons. The zero-order chi connectivity index (χ0) is 22.5. The molecule has 0 spiro atoms. The Labute approximate surface area is 184 Å². The molecule has 0 bridgehead atoms. The van der Waals surface area contributed by atoms with Crippen molar-refractivity contribution in [3.05, 3.63) is 75.5 Å². The molecule has 3 aromatic rings. The number of aromatic amines is 1. The van der Waals surface area contributed by atoms with Gasteiger partial charge in [-0.15, -0.1) is 0 Å². The summed E-state index contributed by atoms with van der Waals surface area (Å²) in [6, 6.07) is 11.5. The first kappa shape index (κ1) is 21.7. The van der Waals surface area contributed by atoms with Crippen LogP contribution in [0.15, 0.2) is 47.3 Å². The summed E-state index contributed by atoms with van der Waals surface area (Å²) in [4.78, 5) is 38.4. The van der Waals surface area contributed by atoms with E-state index < -0.39 is 11.7 Å². The second kappa shape index (κ2) is 9.72. The van der Waals surface area contributed by atoms with Gasteiger partial charge in [0.2, 0.25) is 5.91 Å². The topological polar surface area (TPSA) is 95.2 Å². The molecule has 4 rings (SSSR count). The monoisotopic (exact) mass is 436 g/mol. The van der Waals surface area contributed by atoms with Crippen molar-refractivity contribution in [1.82, 2.24) is 20.4 Å². The minimum absolute atomic E-state index is 0.0570. The van der Waals surface area contributed by atoms with E-state index in [1.54, 1.807) is 23.1 Å². The number of benzene rings is 2. The Morgan fingerprint density at radius 3 is 2.75 bits per heavy atom. The molecule has 1 aliphatic heterocycles. The normalized spacial score (nSPS) is 14.4. The van der Waals surface area contributed by atoms with Crippen molar-refractivity contribution in [2.75, 3.05) is 19.6 Å². The molecule has 0 atom stereocenters. The highest BCUT2D eigenvalue weighted by molar-refractivity contribution is 5.94. The number of fused-ring (bicyclic) bond motifs is 1. The van der Waals surface area contributed by atoms with Crippen LogP contribution in [0.2, 0.25) is 0 Å². The maximum absolute atomic E-state index is 14.4. The van der Waals surface area contributed by atoms with Gasteiger partial charge in [-0.25, -0.2) is 9.49 Å². The Morgan fingerprint density at radius 1 is 1.09 bits per heavy atom. The highest BCUT2D eigenvalue weighted by Gasteiger charge is 2.18. The fraction of sp³-hybridized carbons (Fsp3) is 0.333. The summed E-state index contributed by atoms with van der Waals surface area (Å²) in [7, 11) is 0. The lowest BCUT2D eigenvalue weighted by Gasteiger charge is -2.20. The first-order chi connectivity index (χ1) is 15.5. The molecule has 1 aliphatic rings. The molecular weight excluding hydrogens is 411 g/mol. The van der Waals surface area contributed by atoms with E-state index in [4.69, 9.17) is 0 Å². The lowest BCUT2D eigenvalue weighted by molar-refractivity contribution is -0.130. The number of rotatable bonds is 6. The van der Waals surface area contributed by atoms with Gasteiger partial charge in [-0.2, -0.15) is 5.10 Å². The molecule has 1 saturated heterocycles. The van der Waals surface area contributed by atoms with Crippen LogP contribution in [0.4, 0.5) is 4.39 Å². The van der Waals surface area contributed by atoms with Crippen molar-refractivity contribution in [2.24, 2.45) is 0 Å². The zero-order valence-electron chi connectivity index (χ0n) is 17.7. The smallest absolute Gasteiger partial charge is 0.272 e. The summed E-state index contributed by atoms with van der Waals surface area (Å²) in [6.07, 6.45) is 3.77. The molecule has 0 aliphatic carbocycles. The largest absolute Gasteiger partial charge is 0.350 e. The van der Waals surface area contributed by atoms with Crippen molar-refractivity contribution in [1.29, 1.82) is 0 Å². The number of hydrogen-bond donors (Lipinski definition) is 2. The lowest BCUT2D eigenvalue weighted by Crippen LogP contribution is -2.38.